The molecule has 5 heteroatoms. The molecule has 1 saturated heterocycles. The molecule has 1 heterocycles. The molecular formula is C19H27ClN2O2. The molecule has 3 atom stereocenters. The third kappa shape index (κ3) is 4.50. The lowest BCUT2D eigenvalue weighted by molar-refractivity contribution is -0.137. The Morgan fingerprint density at radius 3 is 2.54 bits per heavy atom. The number of nitrogens with zero attached hydrogens (tertiary/aromatic N) is 1. The molecule has 1 aliphatic heterocycles. The Hall–Kier alpha value is -1.55. The van der Waals surface area contributed by atoms with Gasteiger partial charge in [0.15, 0.2) is 0 Å². The Balaban J connectivity index is 2.14. The highest BCUT2D eigenvalue weighted by Gasteiger charge is 2.33. The van der Waals surface area contributed by atoms with E-state index >= 15 is 0 Å². The fraction of sp³-hybridized carbons (Fsp3) is 0.579. The van der Waals surface area contributed by atoms with E-state index in [1.807, 2.05) is 18.7 Å². The lowest BCUT2D eigenvalue weighted by atomic mass is 9.95. The van der Waals surface area contributed by atoms with Crippen molar-refractivity contribution in [3.8, 4) is 0 Å². The first-order valence-electron chi connectivity index (χ1n) is 8.81. The molecule has 0 aromatic heterocycles. The van der Waals surface area contributed by atoms with E-state index in [1.165, 1.54) is 0 Å². The van der Waals surface area contributed by atoms with Crippen molar-refractivity contribution in [3.63, 3.8) is 0 Å². The van der Waals surface area contributed by atoms with Crippen LogP contribution < -0.4 is 5.32 Å². The van der Waals surface area contributed by atoms with Crippen molar-refractivity contribution >= 4 is 23.4 Å². The van der Waals surface area contributed by atoms with Crippen LogP contribution in [0.4, 0.5) is 0 Å². The van der Waals surface area contributed by atoms with Crippen LogP contribution in [0, 0.1) is 5.92 Å². The van der Waals surface area contributed by atoms with Crippen molar-refractivity contribution in [1.82, 2.24) is 10.2 Å². The van der Waals surface area contributed by atoms with Crippen LogP contribution in [0.5, 0.6) is 0 Å². The van der Waals surface area contributed by atoms with E-state index < -0.39 is 6.04 Å². The Labute approximate surface area is 149 Å². The molecule has 1 aliphatic rings. The summed E-state index contributed by atoms with van der Waals surface area (Å²) in [4.78, 5) is 27.5. The summed E-state index contributed by atoms with van der Waals surface area (Å²) in [7, 11) is 0. The van der Waals surface area contributed by atoms with Crippen molar-refractivity contribution in [2.75, 3.05) is 6.54 Å². The zero-order chi connectivity index (χ0) is 17.7. The Morgan fingerprint density at radius 2 is 1.96 bits per heavy atom. The predicted molar refractivity (Wildman–Crippen MR) is 97.2 cm³/mol. The summed E-state index contributed by atoms with van der Waals surface area (Å²) in [6.07, 6.45) is 4.06. The maximum absolute atomic E-state index is 13.0. The van der Waals surface area contributed by atoms with Crippen LogP contribution in [0.15, 0.2) is 24.3 Å². The van der Waals surface area contributed by atoms with Crippen molar-refractivity contribution < 1.29 is 9.59 Å². The molecule has 0 radical (unpaired) electrons. The van der Waals surface area contributed by atoms with Gasteiger partial charge in [0.1, 0.15) is 6.04 Å². The van der Waals surface area contributed by atoms with Crippen molar-refractivity contribution in [2.45, 2.75) is 58.5 Å². The number of likely N-dealkylation sites (tertiary alicyclic amines) is 1. The molecule has 0 spiro atoms. The van der Waals surface area contributed by atoms with Gasteiger partial charge in [-0.25, -0.2) is 0 Å². The molecular weight excluding hydrogens is 324 g/mol. The minimum Gasteiger partial charge on any atom is -0.340 e. The molecule has 2 amide bonds. The molecule has 0 saturated carbocycles. The van der Waals surface area contributed by atoms with Crippen LogP contribution in [-0.2, 0) is 4.79 Å². The summed E-state index contributed by atoms with van der Waals surface area (Å²) in [5.41, 5.74) is 0.521. The van der Waals surface area contributed by atoms with Gasteiger partial charge in [0.2, 0.25) is 5.91 Å². The Kier molecular flexibility index (Phi) is 6.67. The third-order valence-corrected chi connectivity index (χ3v) is 5.21. The van der Waals surface area contributed by atoms with Gasteiger partial charge in [0.05, 0.1) is 0 Å². The molecule has 4 nitrogen and oxygen atoms in total. The van der Waals surface area contributed by atoms with E-state index in [2.05, 4.69) is 12.2 Å². The number of carbonyl (C=O) groups is 2. The number of nitrogens with one attached hydrogen (secondary N) is 1. The number of hydrogen-bond acceptors (Lipinski definition) is 2. The van der Waals surface area contributed by atoms with Crippen LogP contribution >= 0.6 is 11.6 Å². The van der Waals surface area contributed by atoms with E-state index in [0.29, 0.717) is 10.6 Å². The van der Waals surface area contributed by atoms with Crippen LogP contribution in [0.1, 0.15) is 56.8 Å². The SMILES string of the molecule is CCC(C)C(NC(=O)c1ccc(Cl)cc1)C(=O)N1CCCCC1C. The fourth-order valence-electron chi connectivity index (χ4n) is 3.11. The molecule has 132 valence electrons. The average Bonchev–Trinajstić information content (AvgIpc) is 2.59. The van der Waals surface area contributed by atoms with Gasteiger partial charge in [-0.15, -0.1) is 0 Å². The fourth-order valence-corrected chi connectivity index (χ4v) is 3.24. The van der Waals surface area contributed by atoms with E-state index in [1.54, 1.807) is 24.3 Å². The Bertz CT molecular complexity index is 573. The highest BCUT2D eigenvalue weighted by molar-refractivity contribution is 6.30. The van der Waals surface area contributed by atoms with Gasteiger partial charge in [-0.05, 0) is 56.4 Å². The number of hydrogen-bond donors (Lipinski definition) is 1. The van der Waals surface area contributed by atoms with E-state index in [4.69, 9.17) is 11.6 Å². The number of rotatable bonds is 5. The van der Waals surface area contributed by atoms with E-state index in [-0.39, 0.29) is 23.8 Å². The van der Waals surface area contributed by atoms with Gasteiger partial charge < -0.3 is 10.2 Å². The van der Waals surface area contributed by atoms with E-state index in [0.717, 1.165) is 32.2 Å². The lowest BCUT2D eigenvalue weighted by Gasteiger charge is -2.37. The summed E-state index contributed by atoms with van der Waals surface area (Å²) < 4.78 is 0. The number of benzene rings is 1. The van der Waals surface area contributed by atoms with Crippen LogP contribution in [0.25, 0.3) is 0 Å². The zero-order valence-electron chi connectivity index (χ0n) is 14.7. The van der Waals surface area contributed by atoms with Gasteiger partial charge in [-0.2, -0.15) is 0 Å². The van der Waals surface area contributed by atoms with Gasteiger partial charge >= 0.3 is 0 Å². The van der Waals surface area contributed by atoms with Gasteiger partial charge in [-0.1, -0.05) is 31.9 Å². The number of halogens is 1. The Morgan fingerprint density at radius 1 is 1.29 bits per heavy atom. The molecule has 24 heavy (non-hydrogen) atoms. The minimum absolute atomic E-state index is 0.0406. The maximum Gasteiger partial charge on any atom is 0.251 e. The van der Waals surface area contributed by atoms with Crippen LogP contribution in [0.3, 0.4) is 0 Å². The molecule has 2 rings (SSSR count). The van der Waals surface area contributed by atoms with Crippen LogP contribution in [0.2, 0.25) is 5.02 Å². The predicted octanol–water partition coefficient (Wildman–Crippen LogP) is 3.89. The highest BCUT2D eigenvalue weighted by atomic mass is 35.5. The monoisotopic (exact) mass is 350 g/mol. The molecule has 1 aromatic carbocycles. The van der Waals surface area contributed by atoms with Gasteiger partial charge in [0.25, 0.3) is 5.91 Å². The normalized spacial score (nSPS) is 20.3. The first kappa shape index (κ1) is 18.8. The second kappa shape index (κ2) is 8.52. The van der Waals surface area contributed by atoms with Crippen LogP contribution in [-0.4, -0.2) is 35.3 Å². The molecule has 0 bridgehead atoms. The summed E-state index contributed by atoms with van der Waals surface area (Å²) in [5, 5.41) is 3.53. The second-order valence-corrected chi connectivity index (χ2v) is 7.16. The first-order valence-corrected chi connectivity index (χ1v) is 9.18. The van der Waals surface area contributed by atoms with Gasteiger partial charge in [-0.3, -0.25) is 9.59 Å². The van der Waals surface area contributed by atoms with Crippen molar-refractivity contribution in [3.05, 3.63) is 34.9 Å². The quantitative estimate of drug-likeness (QED) is 0.875. The summed E-state index contributed by atoms with van der Waals surface area (Å²) in [6.45, 7) is 6.92. The largest absolute Gasteiger partial charge is 0.340 e. The highest BCUT2D eigenvalue weighted by Crippen LogP contribution is 2.20. The maximum atomic E-state index is 13.0. The third-order valence-electron chi connectivity index (χ3n) is 4.96. The van der Waals surface area contributed by atoms with Gasteiger partial charge in [0, 0.05) is 23.2 Å². The molecule has 1 N–H and O–H groups in total. The van der Waals surface area contributed by atoms with Crippen molar-refractivity contribution in [2.24, 2.45) is 5.92 Å². The second-order valence-electron chi connectivity index (χ2n) is 6.72. The number of amides is 2. The first-order chi connectivity index (χ1) is 11.4. The number of piperidine rings is 1. The smallest absolute Gasteiger partial charge is 0.251 e. The van der Waals surface area contributed by atoms with E-state index in [9.17, 15) is 9.59 Å². The zero-order valence-corrected chi connectivity index (χ0v) is 15.5. The topological polar surface area (TPSA) is 49.4 Å². The molecule has 1 aromatic rings. The summed E-state index contributed by atoms with van der Waals surface area (Å²) in [5.74, 6) is -0.100. The van der Waals surface area contributed by atoms with Crippen molar-refractivity contribution in [1.29, 1.82) is 0 Å². The summed E-state index contributed by atoms with van der Waals surface area (Å²) >= 11 is 5.87. The lowest BCUT2D eigenvalue weighted by Crippen LogP contribution is -2.55. The average molecular weight is 351 g/mol. The standard InChI is InChI=1S/C19H27ClN2O2/c1-4-13(2)17(19(24)22-12-6-5-7-14(22)3)21-18(23)15-8-10-16(20)11-9-15/h8-11,13-14,17H,4-7,12H2,1-3H3,(H,21,23). The molecule has 1 fully saturated rings. The summed E-state index contributed by atoms with van der Waals surface area (Å²) in [6, 6.07) is 6.48. The minimum atomic E-state index is -0.487. The molecule has 0 aliphatic carbocycles. The molecule has 3 unspecified atom stereocenters. The number of carbonyl (C=O) groups excluding carboxylic acids is 2.